The second-order valence-electron chi connectivity index (χ2n) is 7.31. The van der Waals surface area contributed by atoms with E-state index in [0.717, 1.165) is 28.8 Å². The van der Waals surface area contributed by atoms with Gasteiger partial charge in [0.15, 0.2) is 11.5 Å². The number of rotatable bonds is 5. The van der Waals surface area contributed by atoms with Gasteiger partial charge in [0.25, 0.3) is 5.91 Å². The maximum Gasteiger partial charge on any atom is 0.252 e. The van der Waals surface area contributed by atoms with Crippen LogP contribution in [0.15, 0.2) is 54.9 Å². The van der Waals surface area contributed by atoms with Gasteiger partial charge in [0.05, 0.1) is 6.04 Å². The van der Waals surface area contributed by atoms with E-state index in [9.17, 15) is 4.79 Å². The van der Waals surface area contributed by atoms with Gasteiger partial charge in [-0.25, -0.2) is 0 Å². The van der Waals surface area contributed by atoms with Gasteiger partial charge in [0.1, 0.15) is 0 Å². The molecule has 0 saturated carbocycles. The van der Waals surface area contributed by atoms with Crippen molar-refractivity contribution in [2.24, 2.45) is 13.0 Å². The van der Waals surface area contributed by atoms with E-state index in [-0.39, 0.29) is 11.9 Å². The lowest BCUT2D eigenvalue weighted by atomic mass is 10.0. The van der Waals surface area contributed by atoms with Gasteiger partial charge in [-0.05, 0) is 42.7 Å². The lowest BCUT2D eigenvalue weighted by Crippen LogP contribution is -2.31. The summed E-state index contributed by atoms with van der Waals surface area (Å²) >= 11 is 0. The molecule has 3 aromatic heterocycles. The first-order chi connectivity index (χ1) is 13.0. The van der Waals surface area contributed by atoms with Gasteiger partial charge in [-0.3, -0.25) is 9.20 Å². The van der Waals surface area contributed by atoms with E-state index in [1.165, 1.54) is 0 Å². The number of pyridine rings is 1. The van der Waals surface area contributed by atoms with Gasteiger partial charge in [0, 0.05) is 35.9 Å². The van der Waals surface area contributed by atoms with E-state index in [1.807, 2.05) is 70.9 Å². The van der Waals surface area contributed by atoms with Crippen molar-refractivity contribution in [1.29, 1.82) is 0 Å². The molecule has 0 spiro atoms. The molecule has 0 aliphatic heterocycles. The van der Waals surface area contributed by atoms with Gasteiger partial charge >= 0.3 is 0 Å². The van der Waals surface area contributed by atoms with Crippen molar-refractivity contribution >= 4 is 22.5 Å². The molecule has 27 heavy (non-hydrogen) atoms. The summed E-state index contributed by atoms with van der Waals surface area (Å²) in [6.07, 6.45) is 4.69. The molecule has 0 bridgehead atoms. The summed E-state index contributed by atoms with van der Waals surface area (Å²) in [5.41, 5.74) is 2.49. The molecule has 1 atom stereocenters. The molecular weight excluding hydrogens is 338 g/mol. The first-order valence-electron chi connectivity index (χ1n) is 9.19. The van der Waals surface area contributed by atoms with Crippen LogP contribution < -0.4 is 5.32 Å². The topological polar surface area (TPSA) is 64.2 Å². The Balaban J connectivity index is 1.70. The normalized spacial score (nSPS) is 12.7. The molecule has 4 aromatic rings. The Morgan fingerprint density at radius 2 is 1.93 bits per heavy atom. The largest absolute Gasteiger partial charge is 0.351 e. The summed E-state index contributed by atoms with van der Waals surface area (Å²) in [5.74, 6) is 1.07. The highest BCUT2D eigenvalue weighted by Gasteiger charge is 2.23. The molecule has 138 valence electrons. The summed E-state index contributed by atoms with van der Waals surface area (Å²) in [6.45, 7) is 4.28. The van der Waals surface area contributed by atoms with E-state index >= 15 is 0 Å². The van der Waals surface area contributed by atoms with Crippen molar-refractivity contribution in [3.8, 4) is 0 Å². The maximum atomic E-state index is 13.1. The highest BCUT2D eigenvalue weighted by Crippen LogP contribution is 2.24. The number of aromatic nitrogens is 4. The Kier molecular flexibility index (Phi) is 4.39. The van der Waals surface area contributed by atoms with E-state index in [1.54, 1.807) is 0 Å². The number of hydrogen-bond donors (Lipinski definition) is 1. The Bertz CT molecular complexity index is 1110. The van der Waals surface area contributed by atoms with Crippen molar-refractivity contribution in [2.75, 3.05) is 0 Å². The van der Waals surface area contributed by atoms with Crippen LogP contribution in [0.3, 0.4) is 0 Å². The predicted octanol–water partition coefficient (Wildman–Crippen LogP) is 3.74. The van der Waals surface area contributed by atoms with Crippen molar-refractivity contribution in [3.63, 3.8) is 0 Å². The number of carbonyl (C=O) groups is 1. The second-order valence-corrected chi connectivity index (χ2v) is 7.31. The zero-order chi connectivity index (χ0) is 19.0. The second kappa shape index (κ2) is 6.87. The lowest BCUT2D eigenvalue weighted by molar-refractivity contribution is 0.0931. The molecule has 0 aliphatic carbocycles. The molecule has 0 fully saturated rings. The number of amides is 1. The Hall–Kier alpha value is -3.15. The Morgan fingerprint density at radius 1 is 1.07 bits per heavy atom. The third kappa shape index (κ3) is 3.18. The molecule has 0 unspecified atom stereocenters. The van der Waals surface area contributed by atoms with E-state index < -0.39 is 0 Å². The monoisotopic (exact) mass is 361 g/mol. The molecular formula is C21H23N5O. The summed E-state index contributed by atoms with van der Waals surface area (Å²) in [7, 11) is 1.98. The maximum absolute atomic E-state index is 13.1. The SMILES string of the molecule is CC(C)C[C@@H](NC(=O)c1cccc2c1ccn2C)c1nnc2ccccn12. The Labute approximate surface area is 157 Å². The molecule has 0 radical (unpaired) electrons. The molecule has 6 nitrogen and oxygen atoms in total. The molecule has 6 heteroatoms. The van der Waals surface area contributed by atoms with Crippen molar-refractivity contribution in [3.05, 3.63) is 66.2 Å². The first kappa shape index (κ1) is 17.3. The number of hydrogen-bond acceptors (Lipinski definition) is 3. The van der Waals surface area contributed by atoms with Crippen LogP contribution in [-0.4, -0.2) is 25.1 Å². The minimum absolute atomic E-state index is 0.0925. The zero-order valence-electron chi connectivity index (χ0n) is 15.8. The van der Waals surface area contributed by atoms with Crippen LogP contribution in [0.2, 0.25) is 0 Å². The molecule has 1 amide bonds. The minimum atomic E-state index is -0.214. The highest BCUT2D eigenvalue weighted by atomic mass is 16.1. The molecule has 1 N–H and O–H groups in total. The lowest BCUT2D eigenvalue weighted by Gasteiger charge is -2.19. The fraction of sp³-hybridized carbons (Fsp3) is 0.286. The summed E-state index contributed by atoms with van der Waals surface area (Å²) in [4.78, 5) is 13.1. The van der Waals surface area contributed by atoms with Crippen LogP contribution in [0.5, 0.6) is 0 Å². The smallest absolute Gasteiger partial charge is 0.252 e. The molecule has 4 rings (SSSR count). The van der Waals surface area contributed by atoms with E-state index in [4.69, 9.17) is 0 Å². The van der Waals surface area contributed by atoms with Gasteiger partial charge in [0.2, 0.25) is 0 Å². The quantitative estimate of drug-likeness (QED) is 0.589. The van der Waals surface area contributed by atoms with Crippen molar-refractivity contribution in [1.82, 2.24) is 24.5 Å². The van der Waals surface area contributed by atoms with E-state index in [0.29, 0.717) is 11.5 Å². The predicted molar refractivity (Wildman–Crippen MR) is 106 cm³/mol. The number of nitrogens with one attached hydrogen (secondary N) is 1. The average Bonchev–Trinajstić information content (AvgIpc) is 3.25. The van der Waals surface area contributed by atoms with Crippen LogP contribution in [0.1, 0.15) is 42.5 Å². The van der Waals surface area contributed by atoms with Gasteiger partial charge in [-0.2, -0.15) is 0 Å². The summed E-state index contributed by atoms with van der Waals surface area (Å²) in [6, 6.07) is 13.4. The average molecular weight is 361 g/mol. The number of aryl methyl sites for hydroxylation is 1. The van der Waals surface area contributed by atoms with Crippen LogP contribution in [-0.2, 0) is 7.05 Å². The van der Waals surface area contributed by atoms with E-state index in [2.05, 4.69) is 29.4 Å². The van der Waals surface area contributed by atoms with Crippen molar-refractivity contribution < 1.29 is 4.79 Å². The third-order valence-corrected chi connectivity index (χ3v) is 4.84. The third-order valence-electron chi connectivity index (χ3n) is 4.84. The number of nitrogens with zero attached hydrogens (tertiary/aromatic N) is 4. The first-order valence-corrected chi connectivity index (χ1v) is 9.19. The van der Waals surface area contributed by atoms with Crippen LogP contribution in [0.4, 0.5) is 0 Å². The van der Waals surface area contributed by atoms with Crippen LogP contribution in [0.25, 0.3) is 16.6 Å². The Morgan fingerprint density at radius 3 is 2.74 bits per heavy atom. The molecule has 1 aromatic carbocycles. The van der Waals surface area contributed by atoms with Gasteiger partial charge in [-0.1, -0.05) is 26.0 Å². The fourth-order valence-electron chi connectivity index (χ4n) is 3.53. The number of benzene rings is 1. The molecule has 0 saturated heterocycles. The van der Waals surface area contributed by atoms with Crippen LogP contribution in [0, 0.1) is 5.92 Å². The van der Waals surface area contributed by atoms with Gasteiger partial charge < -0.3 is 9.88 Å². The van der Waals surface area contributed by atoms with Crippen molar-refractivity contribution in [2.45, 2.75) is 26.3 Å². The fourth-order valence-corrected chi connectivity index (χ4v) is 3.53. The zero-order valence-corrected chi connectivity index (χ0v) is 15.8. The highest BCUT2D eigenvalue weighted by molar-refractivity contribution is 6.06. The minimum Gasteiger partial charge on any atom is -0.351 e. The summed E-state index contributed by atoms with van der Waals surface area (Å²) < 4.78 is 3.96. The van der Waals surface area contributed by atoms with Crippen LogP contribution >= 0.6 is 0 Å². The molecule has 0 aliphatic rings. The van der Waals surface area contributed by atoms with Gasteiger partial charge in [-0.15, -0.1) is 10.2 Å². The summed E-state index contributed by atoms with van der Waals surface area (Å²) in [5, 5.41) is 12.7. The number of fused-ring (bicyclic) bond motifs is 2. The standard InChI is InChI=1S/C21H23N5O/c1-14(2)13-17(20-24-23-19-9-4-5-11-26(19)20)22-21(27)16-7-6-8-18-15(16)10-12-25(18)3/h4-12,14,17H,13H2,1-3H3,(H,22,27)/t17-/m1/s1. The number of carbonyl (C=O) groups excluding carboxylic acids is 1. The molecule has 3 heterocycles.